The molecule has 3 amide bonds. The Morgan fingerprint density at radius 3 is 2.61 bits per heavy atom. The summed E-state index contributed by atoms with van der Waals surface area (Å²) in [5, 5.41) is 19.5. The van der Waals surface area contributed by atoms with Crippen LogP contribution >= 0.6 is 11.6 Å². The van der Waals surface area contributed by atoms with Gasteiger partial charge in [-0.25, -0.2) is 4.79 Å². The van der Waals surface area contributed by atoms with E-state index in [1.54, 1.807) is 12.1 Å². The molecule has 5 rings (SSSR count). The Labute approximate surface area is 215 Å². The van der Waals surface area contributed by atoms with Crippen LogP contribution in [0.15, 0.2) is 42.5 Å². The quantitative estimate of drug-likeness (QED) is 0.445. The number of fused-ring (bicyclic) bond motifs is 3. The molecule has 1 saturated carbocycles. The van der Waals surface area contributed by atoms with Gasteiger partial charge < -0.3 is 30.5 Å². The normalized spacial score (nSPS) is 24.9. The average molecular weight is 514 g/mol. The number of benzene rings is 2. The Kier molecular flexibility index (Phi) is 7.65. The molecule has 0 unspecified atom stereocenters. The maximum Gasteiger partial charge on any atom is 0.319 e. The van der Waals surface area contributed by atoms with Crippen LogP contribution in [0.3, 0.4) is 0 Å². The molecule has 4 atom stereocenters. The van der Waals surface area contributed by atoms with Crippen molar-refractivity contribution in [3.05, 3.63) is 58.6 Å². The number of aliphatic hydroxyl groups is 1. The van der Waals surface area contributed by atoms with E-state index in [4.69, 9.17) is 21.1 Å². The van der Waals surface area contributed by atoms with Crippen molar-refractivity contribution in [2.45, 2.75) is 75.3 Å². The van der Waals surface area contributed by atoms with Crippen molar-refractivity contribution in [1.82, 2.24) is 10.6 Å². The minimum absolute atomic E-state index is 0.0420. The summed E-state index contributed by atoms with van der Waals surface area (Å²) in [6, 6.07) is 13.0. The molecule has 192 valence electrons. The summed E-state index contributed by atoms with van der Waals surface area (Å²) in [4.78, 5) is 25.1. The molecular formula is C27H32ClN3O5. The molecule has 2 aliphatic heterocycles. The Morgan fingerprint density at radius 2 is 1.86 bits per heavy atom. The van der Waals surface area contributed by atoms with Gasteiger partial charge in [0.2, 0.25) is 5.91 Å². The number of halogens is 1. The predicted molar refractivity (Wildman–Crippen MR) is 136 cm³/mol. The highest BCUT2D eigenvalue weighted by Crippen LogP contribution is 2.47. The molecule has 2 heterocycles. The fourth-order valence-electron chi connectivity index (χ4n) is 5.47. The summed E-state index contributed by atoms with van der Waals surface area (Å²) in [6.45, 7) is 0.203. The largest absolute Gasteiger partial charge is 0.487 e. The van der Waals surface area contributed by atoms with Gasteiger partial charge in [-0.05, 0) is 55.2 Å². The summed E-state index contributed by atoms with van der Waals surface area (Å²) in [6.07, 6.45) is 3.89. The summed E-state index contributed by atoms with van der Waals surface area (Å²) in [5.74, 6) is 0.560. The van der Waals surface area contributed by atoms with Crippen molar-refractivity contribution in [1.29, 1.82) is 0 Å². The zero-order valence-corrected chi connectivity index (χ0v) is 20.8. The van der Waals surface area contributed by atoms with E-state index in [0.717, 1.165) is 42.6 Å². The fourth-order valence-corrected chi connectivity index (χ4v) is 5.60. The maximum absolute atomic E-state index is 12.6. The van der Waals surface area contributed by atoms with Gasteiger partial charge in [0, 0.05) is 34.8 Å². The van der Waals surface area contributed by atoms with Gasteiger partial charge in [-0.2, -0.15) is 0 Å². The third-order valence-electron chi connectivity index (χ3n) is 7.26. The molecule has 1 saturated heterocycles. The minimum Gasteiger partial charge on any atom is -0.487 e. The van der Waals surface area contributed by atoms with Crippen LogP contribution < -0.4 is 20.7 Å². The molecule has 0 radical (unpaired) electrons. The van der Waals surface area contributed by atoms with E-state index in [1.807, 2.05) is 30.3 Å². The number of carbonyl (C=O) groups excluding carboxylic acids is 2. The lowest BCUT2D eigenvalue weighted by atomic mass is 9.84. The first-order valence-electron chi connectivity index (χ1n) is 12.6. The second-order valence-corrected chi connectivity index (χ2v) is 10.3. The van der Waals surface area contributed by atoms with E-state index in [0.29, 0.717) is 23.7 Å². The van der Waals surface area contributed by atoms with Gasteiger partial charge in [-0.15, -0.1) is 0 Å². The molecule has 3 aliphatic rings. The van der Waals surface area contributed by atoms with Crippen molar-refractivity contribution in [3.8, 4) is 5.75 Å². The number of amides is 3. The molecule has 2 fully saturated rings. The lowest BCUT2D eigenvalue weighted by Crippen LogP contribution is -2.47. The second kappa shape index (κ2) is 11.1. The molecule has 0 spiro atoms. The molecule has 36 heavy (non-hydrogen) atoms. The van der Waals surface area contributed by atoms with Gasteiger partial charge in [0.05, 0.1) is 19.1 Å². The van der Waals surface area contributed by atoms with Crippen LogP contribution in [0.2, 0.25) is 5.02 Å². The van der Waals surface area contributed by atoms with Crippen LogP contribution in [0.25, 0.3) is 0 Å². The smallest absolute Gasteiger partial charge is 0.319 e. The van der Waals surface area contributed by atoms with E-state index in [2.05, 4.69) is 16.0 Å². The molecule has 1 aliphatic carbocycles. The summed E-state index contributed by atoms with van der Waals surface area (Å²) in [5.41, 5.74) is 2.62. The number of aliphatic hydroxyl groups excluding tert-OH is 1. The molecule has 0 bridgehead atoms. The molecule has 2 aromatic carbocycles. The van der Waals surface area contributed by atoms with Gasteiger partial charge in [-0.1, -0.05) is 36.6 Å². The van der Waals surface area contributed by atoms with E-state index in [9.17, 15) is 14.7 Å². The molecule has 4 N–H and O–H groups in total. The molecule has 8 nitrogen and oxygen atoms in total. The monoisotopic (exact) mass is 513 g/mol. The highest BCUT2D eigenvalue weighted by atomic mass is 35.5. The molecular weight excluding hydrogens is 482 g/mol. The molecule has 0 aromatic heterocycles. The number of anilines is 1. The first kappa shape index (κ1) is 24.9. The van der Waals surface area contributed by atoms with Crippen molar-refractivity contribution >= 4 is 29.2 Å². The van der Waals surface area contributed by atoms with Gasteiger partial charge in [0.15, 0.2) is 0 Å². The molecule has 2 aromatic rings. The van der Waals surface area contributed by atoms with Crippen LogP contribution in [0.5, 0.6) is 5.75 Å². The van der Waals surface area contributed by atoms with Crippen LogP contribution in [0.1, 0.15) is 55.6 Å². The highest BCUT2D eigenvalue weighted by Gasteiger charge is 2.46. The maximum atomic E-state index is 12.6. The van der Waals surface area contributed by atoms with E-state index in [-0.39, 0.29) is 49.1 Å². The topological polar surface area (TPSA) is 109 Å². The number of rotatable bonds is 7. The zero-order chi connectivity index (χ0) is 25.1. The SMILES string of the molecule is O=C(C[C@H]1C[C@H]2c3cc(NC(=O)NC4CCCC4)ccc3O[C@H]2[C@H](CO)O1)NCc1ccc(Cl)cc1. The van der Waals surface area contributed by atoms with Crippen LogP contribution in [0, 0.1) is 0 Å². The summed E-state index contributed by atoms with van der Waals surface area (Å²) < 4.78 is 12.2. The summed E-state index contributed by atoms with van der Waals surface area (Å²) in [7, 11) is 0. The fraction of sp³-hybridized carbons (Fsp3) is 0.481. The number of urea groups is 1. The Balaban J connectivity index is 1.21. The predicted octanol–water partition coefficient (Wildman–Crippen LogP) is 4.11. The third-order valence-corrected chi connectivity index (χ3v) is 7.52. The highest BCUT2D eigenvalue weighted by molar-refractivity contribution is 6.30. The zero-order valence-electron chi connectivity index (χ0n) is 20.0. The Hall–Kier alpha value is -2.81. The van der Waals surface area contributed by atoms with Crippen molar-refractivity contribution < 1.29 is 24.2 Å². The standard InChI is InChI=1S/C27H32ClN3O5/c28-17-7-5-16(6-8-17)14-29-25(33)13-20-12-22-21-11-19(31-27(34)30-18-3-1-2-4-18)9-10-23(21)36-26(22)24(15-32)35-20/h5-11,18,20,22,24,26,32H,1-4,12-15H2,(H,29,33)(H2,30,31,34)/t20-,22+,24+,26-/m1/s1. The number of hydrogen-bond acceptors (Lipinski definition) is 5. The Morgan fingerprint density at radius 1 is 1.08 bits per heavy atom. The Bertz CT molecular complexity index is 1090. The van der Waals surface area contributed by atoms with Gasteiger partial charge >= 0.3 is 6.03 Å². The number of carbonyl (C=O) groups is 2. The van der Waals surface area contributed by atoms with Crippen molar-refractivity contribution in [3.63, 3.8) is 0 Å². The molecule has 9 heteroatoms. The van der Waals surface area contributed by atoms with E-state index >= 15 is 0 Å². The second-order valence-electron chi connectivity index (χ2n) is 9.84. The van der Waals surface area contributed by atoms with Crippen molar-refractivity contribution in [2.24, 2.45) is 0 Å². The number of hydrogen-bond donors (Lipinski definition) is 4. The number of ether oxygens (including phenoxy) is 2. The summed E-state index contributed by atoms with van der Waals surface area (Å²) >= 11 is 5.92. The minimum atomic E-state index is -0.535. The third kappa shape index (κ3) is 5.77. The van der Waals surface area contributed by atoms with E-state index in [1.165, 1.54) is 0 Å². The van der Waals surface area contributed by atoms with Gasteiger partial charge in [-0.3, -0.25) is 4.79 Å². The van der Waals surface area contributed by atoms with E-state index < -0.39 is 6.10 Å². The van der Waals surface area contributed by atoms with Crippen LogP contribution in [-0.4, -0.2) is 48.0 Å². The van der Waals surface area contributed by atoms with Crippen LogP contribution in [-0.2, 0) is 16.1 Å². The van der Waals surface area contributed by atoms with Crippen LogP contribution in [0.4, 0.5) is 10.5 Å². The first-order chi connectivity index (χ1) is 17.5. The van der Waals surface area contributed by atoms with Gasteiger partial charge in [0.1, 0.15) is 18.0 Å². The first-order valence-corrected chi connectivity index (χ1v) is 13.0. The lowest BCUT2D eigenvalue weighted by Gasteiger charge is -2.37. The number of nitrogens with one attached hydrogen (secondary N) is 3. The van der Waals surface area contributed by atoms with Gasteiger partial charge in [0.25, 0.3) is 0 Å². The van der Waals surface area contributed by atoms with Crippen molar-refractivity contribution in [2.75, 3.05) is 11.9 Å². The lowest BCUT2D eigenvalue weighted by molar-refractivity contribution is -0.142. The average Bonchev–Trinajstić information content (AvgIpc) is 3.51.